The molecule has 31 heavy (non-hydrogen) atoms. The Balaban J connectivity index is 1.55. The van der Waals surface area contributed by atoms with Gasteiger partial charge in [0, 0.05) is 36.8 Å². The molecule has 1 aliphatic heterocycles. The molecule has 0 atom stereocenters. The standard InChI is InChI=1S/C21H18F3N5O2/c22-21(23,24)5-4-18-27-11-15(12-28-18)14-2-3-17-16(10-14)20(30)29(8-9-31-17)13-19-25-6-1-7-26-19/h1-3,6-7,10-12H,4-5,8-9,13H2. The highest BCUT2D eigenvalue weighted by Crippen LogP contribution is 2.29. The average Bonchev–Trinajstić information content (AvgIpc) is 2.92. The van der Waals surface area contributed by atoms with E-state index >= 15 is 0 Å². The van der Waals surface area contributed by atoms with Crippen LogP contribution in [0.25, 0.3) is 11.1 Å². The second-order valence-electron chi connectivity index (χ2n) is 6.95. The molecule has 160 valence electrons. The van der Waals surface area contributed by atoms with E-state index in [9.17, 15) is 18.0 Å². The first-order chi connectivity index (χ1) is 14.9. The topological polar surface area (TPSA) is 81.1 Å². The number of ether oxygens (including phenoxy) is 1. The number of amides is 1. The lowest BCUT2D eigenvalue weighted by Crippen LogP contribution is -2.32. The van der Waals surface area contributed by atoms with Crippen molar-refractivity contribution in [2.75, 3.05) is 13.2 Å². The van der Waals surface area contributed by atoms with Gasteiger partial charge in [-0.05, 0) is 23.8 Å². The smallest absolute Gasteiger partial charge is 0.389 e. The summed E-state index contributed by atoms with van der Waals surface area (Å²) >= 11 is 0. The summed E-state index contributed by atoms with van der Waals surface area (Å²) in [6.45, 7) is 0.976. The predicted molar refractivity (Wildman–Crippen MR) is 104 cm³/mol. The predicted octanol–water partition coefficient (Wildman–Crippen LogP) is 3.46. The summed E-state index contributed by atoms with van der Waals surface area (Å²) in [4.78, 5) is 31.1. The van der Waals surface area contributed by atoms with E-state index in [1.54, 1.807) is 41.6 Å². The summed E-state index contributed by atoms with van der Waals surface area (Å²) in [7, 11) is 0. The molecule has 3 aromatic rings. The number of benzene rings is 1. The Morgan fingerprint density at radius 2 is 1.74 bits per heavy atom. The quantitative estimate of drug-likeness (QED) is 0.618. The summed E-state index contributed by atoms with van der Waals surface area (Å²) in [6, 6.07) is 6.84. The van der Waals surface area contributed by atoms with E-state index in [0.717, 1.165) is 0 Å². The van der Waals surface area contributed by atoms with Crippen LogP contribution >= 0.6 is 0 Å². The third-order valence-electron chi connectivity index (χ3n) is 4.74. The number of halogens is 3. The van der Waals surface area contributed by atoms with Crippen molar-refractivity contribution in [3.05, 3.63) is 66.3 Å². The van der Waals surface area contributed by atoms with Gasteiger partial charge in [0.25, 0.3) is 5.91 Å². The SMILES string of the molecule is O=C1c2cc(-c3cnc(CCC(F)(F)F)nc3)ccc2OCCN1Cc1ncccn1. The van der Waals surface area contributed by atoms with E-state index in [2.05, 4.69) is 19.9 Å². The molecule has 0 aliphatic carbocycles. The van der Waals surface area contributed by atoms with Crippen LogP contribution in [0.2, 0.25) is 0 Å². The fraction of sp³-hybridized carbons (Fsp3) is 0.286. The number of carbonyl (C=O) groups is 1. The molecule has 4 rings (SSSR count). The number of fused-ring (bicyclic) bond motifs is 1. The third kappa shape index (κ3) is 5.14. The molecule has 1 aromatic carbocycles. The lowest BCUT2D eigenvalue weighted by molar-refractivity contribution is -0.134. The van der Waals surface area contributed by atoms with E-state index in [1.807, 2.05) is 0 Å². The van der Waals surface area contributed by atoms with Gasteiger partial charge in [0.05, 0.1) is 25.1 Å². The minimum atomic E-state index is -4.25. The van der Waals surface area contributed by atoms with E-state index in [4.69, 9.17) is 4.74 Å². The highest BCUT2D eigenvalue weighted by molar-refractivity contribution is 5.98. The van der Waals surface area contributed by atoms with Crippen molar-refractivity contribution in [3.8, 4) is 16.9 Å². The molecule has 0 fully saturated rings. The Labute approximate surface area is 176 Å². The van der Waals surface area contributed by atoms with Crippen molar-refractivity contribution >= 4 is 5.91 Å². The van der Waals surface area contributed by atoms with E-state index in [0.29, 0.717) is 41.4 Å². The summed E-state index contributed by atoms with van der Waals surface area (Å²) in [5.74, 6) is 0.889. The first kappa shape index (κ1) is 20.7. The average molecular weight is 429 g/mol. The number of carbonyl (C=O) groups excluding carboxylic acids is 1. The maximum absolute atomic E-state index is 13.1. The molecule has 10 heteroatoms. The fourth-order valence-electron chi connectivity index (χ4n) is 3.16. The zero-order valence-electron chi connectivity index (χ0n) is 16.3. The van der Waals surface area contributed by atoms with Crippen LogP contribution in [0.4, 0.5) is 13.2 Å². The molecular formula is C21H18F3N5O2. The number of rotatable bonds is 5. The first-order valence-electron chi connectivity index (χ1n) is 9.59. The van der Waals surface area contributed by atoms with Gasteiger partial charge in [0.15, 0.2) is 0 Å². The maximum Gasteiger partial charge on any atom is 0.389 e. The number of hydrogen-bond donors (Lipinski definition) is 0. The second-order valence-corrected chi connectivity index (χ2v) is 6.95. The van der Waals surface area contributed by atoms with Gasteiger partial charge in [0.1, 0.15) is 24.0 Å². The molecule has 0 radical (unpaired) electrons. The number of alkyl halides is 3. The largest absolute Gasteiger partial charge is 0.491 e. The van der Waals surface area contributed by atoms with Crippen LogP contribution in [-0.2, 0) is 13.0 Å². The Morgan fingerprint density at radius 3 is 2.45 bits per heavy atom. The second kappa shape index (κ2) is 8.66. The number of aromatic nitrogens is 4. The van der Waals surface area contributed by atoms with Gasteiger partial charge in [-0.15, -0.1) is 0 Å². The monoisotopic (exact) mass is 429 g/mol. The maximum atomic E-state index is 13.1. The van der Waals surface area contributed by atoms with Crippen LogP contribution in [0.3, 0.4) is 0 Å². The van der Waals surface area contributed by atoms with Crippen molar-refractivity contribution in [1.29, 1.82) is 0 Å². The van der Waals surface area contributed by atoms with Crippen LogP contribution in [0.1, 0.15) is 28.4 Å². The van der Waals surface area contributed by atoms with Gasteiger partial charge in [0.2, 0.25) is 0 Å². The minimum absolute atomic E-state index is 0.115. The summed E-state index contributed by atoms with van der Waals surface area (Å²) in [6.07, 6.45) is 0.637. The number of hydrogen-bond acceptors (Lipinski definition) is 6. The van der Waals surface area contributed by atoms with Crippen molar-refractivity contribution in [1.82, 2.24) is 24.8 Å². The van der Waals surface area contributed by atoms with Gasteiger partial charge in [-0.3, -0.25) is 4.79 Å². The van der Waals surface area contributed by atoms with Gasteiger partial charge < -0.3 is 9.64 Å². The third-order valence-corrected chi connectivity index (χ3v) is 4.74. The highest BCUT2D eigenvalue weighted by Gasteiger charge is 2.27. The molecule has 1 amide bonds. The highest BCUT2D eigenvalue weighted by atomic mass is 19.4. The normalized spacial score (nSPS) is 14.0. The van der Waals surface area contributed by atoms with Crippen LogP contribution in [0, 0.1) is 0 Å². The molecule has 0 saturated heterocycles. The Kier molecular flexibility index (Phi) is 5.79. The van der Waals surface area contributed by atoms with E-state index < -0.39 is 12.6 Å². The van der Waals surface area contributed by atoms with E-state index in [1.165, 1.54) is 12.4 Å². The first-order valence-corrected chi connectivity index (χ1v) is 9.59. The van der Waals surface area contributed by atoms with Gasteiger partial charge in [-0.2, -0.15) is 13.2 Å². The molecule has 0 N–H and O–H groups in total. The van der Waals surface area contributed by atoms with Gasteiger partial charge in [-0.25, -0.2) is 19.9 Å². The molecule has 1 aliphatic rings. The molecule has 0 unspecified atom stereocenters. The Bertz CT molecular complexity index is 1060. The van der Waals surface area contributed by atoms with Gasteiger partial charge in [-0.1, -0.05) is 6.07 Å². The molecule has 2 aromatic heterocycles. The molecule has 0 saturated carbocycles. The number of nitrogens with zero attached hydrogens (tertiary/aromatic N) is 5. The lowest BCUT2D eigenvalue weighted by atomic mass is 10.0. The molecule has 7 nitrogen and oxygen atoms in total. The minimum Gasteiger partial charge on any atom is -0.491 e. The molecular weight excluding hydrogens is 411 g/mol. The fourth-order valence-corrected chi connectivity index (χ4v) is 3.16. The van der Waals surface area contributed by atoms with Crippen LogP contribution in [-0.4, -0.2) is 50.1 Å². The van der Waals surface area contributed by atoms with Crippen LogP contribution in [0.5, 0.6) is 5.75 Å². The zero-order valence-corrected chi connectivity index (χ0v) is 16.3. The molecule has 0 bridgehead atoms. The summed E-state index contributed by atoms with van der Waals surface area (Å²) < 4.78 is 42.8. The van der Waals surface area contributed by atoms with Crippen molar-refractivity contribution in [3.63, 3.8) is 0 Å². The van der Waals surface area contributed by atoms with Crippen LogP contribution in [0.15, 0.2) is 49.1 Å². The Hall–Kier alpha value is -3.56. The molecule has 0 spiro atoms. The van der Waals surface area contributed by atoms with Crippen molar-refractivity contribution in [2.45, 2.75) is 25.6 Å². The summed E-state index contributed by atoms with van der Waals surface area (Å²) in [5.41, 5.74) is 1.64. The van der Waals surface area contributed by atoms with Crippen molar-refractivity contribution < 1.29 is 22.7 Å². The lowest BCUT2D eigenvalue weighted by Gasteiger charge is -2.19. The molecule has 3 heterocycles. The summed E-state index contributed by atoms with van der Waals surface area (Å²) in [5, 5.41) is 0. The Morgan fingerprint density at radius 1 is 1.00 bits per heavy atom. The zero-order chi connectivity index (χ0) is 21.8. The van der Waals surface area contributed by atoms with E-state index in [-0.39, 0.29) is 24.7 Å². The van der Waals surface area contributed by atoms with Crippen LogP contribution < -0.4 is 4.74 Å². The van der Waals surface area contributed by atoms with Gasteiger partial charge >= 0.3 is 6.18 Å². The van der Waals surface area contributed by atoms with Crippen molar-refractivity contribution in [2.24, 2.45) is 0 Å². The number of aryl methyl sites for hydroxylation is 1.